The number of para-hydroxylation sites is 1. The maximum Gasteiger partial charge on any atom is 0.243 e. The van der Waals surface area contributed by atoms with Crippen LogP contribution >= 0.6 is 0 Å². The Morgan fingerprint density at radius 1 is 0.969 bits per heavy atom. The lowest BCUT2D eigenvalue weighted by molar-refractivity contribution is -0.120. The molecular weight excluding hydrogens is 428 g/mol. The van der Waals surface area contributed by atoms with Crippen LogP contribution < -0.4 is 5.32 Å². The van der Waals surface area contributed by atoms with E-state index in [1.54, 1.807) is 24.3 Å². The highest BCUT2D eigenvalue weighted by Crippen LogP contribution is 2.39. The fourth-order valence-corrected chi connectivity index (χ4v) is 5.37. The largest absolute Gasteiger partial charge is 0.339 e. The topological polar surface area (TPSA) is 105 Å². The first-order valence-electron chi connectivity index (χ1n) is 10.8. The van der Waals surface area contributed by atoms with Crippen LogP contribution in [0, 0.1) is 5.92 Å². The average molecular weight is 453 g/mol. The Bertz CT molecular complexity index is 1200. The molecule has 1 aliphatic carbocycles. The summed E-state index contributed by atoms with van der Waals surface area (Å²) in [5, 5.41) is 6.91. The molecule has 2 heterocycles. The lowest BCUT2D eigenvalue weighted by Gasteiger charge is -2.30. The monoisotopic (exact) mass is 452 g/mol. The molecule has 1 amide bonds. The third-order valence-corrected chi connectivity index (χ3v) is 7.90. The molecule has 2 aromatic carbocycles. The van der Waals surface area contributed by atoms with Crippen LogP contribution in [0.15, 0.2) is 64.0 Å². The van der Waals surface area contributed by atoms with Gasteiger partial charge in [0.15, 0.2) is 0 Å². The minimum absolute atomic E-state index is 0.0664. The predicted octanol–water partition coefficient (Wildman–Crippen LogP) is 3.65. The van der Waals surface area contributed by atoms with Crippen LogP contribution in [0.2, 0.25) is 0 Å². The van der Waals surface area contributed by atoms with Gasteiger partial charge >= 0.3 is 0 Å². The molecule has 2 aliphatic rings. The van der Waals surface area contributed by atoms with Crippen molar-refractivity contribution in [2.45, 2.75) is 36.5 Å². The molecule has 0 unspecified atom stereocenters. The zero-order valence-corrected chi connectivity index (χ0v) is 18.3. The van der Waals surface area contributed by atoms with Gasteiger partial charge in [0.25, 0.3) is 0 Å². The van der Waals surface area contributed by atoms with Crippen LogP contribution in [0.25, 0.3) is 11.4 Å². The van der Waals surface area contributed by atoms with Crippen LogP contribution in [0.3, 0.4) is 0 Å². The number of nitrogens with zero attached hydrogens (tertiary/aromatic N) is 3. The van der Waals surface area contributed by atoms with Crippen molar-refractivity contribution < 1.29 is 17.7 Å². The van der Waals surface area contributed by atoms with E-state index < -0.39 is 10.0 Å². The van der Waals surface area contributed by atoms with Gasteiger partial charge in [0.2, 0.25) is 27.6 Å². The molecule has 166 valence electrons. The summed E-state index contributed by atoms with van der Waals surface area (Å²) in [6.45, 7) is 0.624. The number of aromatic nitrogens is 2. The number of anilines is 1. The smallest absolute Gasteiger partial charge is 0.243 e. The van der Waals surface area contributed by atoms with Crippen molar-refractivity contribution in [3.63, 3.8) is 0 Å². The molecule has 1 aliphatic heterocycles. The second-order valence-electron chi connectivity index (χ2n) is 8.29. The molecular formula is C23H24N4O4S. The minimum atomic E-state index is -3.63. The molecule has 0 radical (unpaired) electrons. The Hall–Kier alpha value is -3.04. The number of carbonyl (C=O) groups excluding carboxylic acids is 1. The number of rotatable bonds is 6. The van der Waals surface area contributed by atoms with Gasteiger partial charge in [-0.25, -0.2) is 8.42 Å². The lowest BCUT2D eigenvalue weighted by Crippen LogP contribution is -2.41. The predicted molar refractivity (Wildman–Crippen MR) is 118 cm³/mol. The molecule has 9 heteroatoms. The van der Waals surface area contributed by atoms with E-state index in [-0.39, 0.29) is 16.7 Å². The Labute approximate surface area is 186 Å². The highest BCUT2D eigenvalue weighted by Gasteiger charge is 2.32. The van der Waals surface area contributed by atoms with Crippen LogP contribution in [0.4, 0.5) is 5.69 Å². The van der Waals surface area contributed by atoms with Gasteiger partial charge in [0.1, 0.15) is 0 Å². The van der Waals surface area contributed by atoms with Crippen molar-refractivity contribution in [2.75, 3.05) is 18.4 Å². The van der Waals surface area contributed by atoms with Crippen molar-refractivity contribution in [3.8, 4) is 11.4 Å². The van der Waals surface area contributed by atoms with E-state index in [1.807, 2.05) is 30.3 Å². The maximum atomic E-state index is 13.1. The van der Waals surface area contributed by atoms with Crippen molar-refractivity contribution in [3.05, 3.63) is 60.5 Å². The van der Waals surface area contributed by atoms with E-state index in [1.165, 1.54) is 4.31 Å². The zero-order valence-electron chi connectivity index (χ0n) is 17.5. The molecule has 1 N–H and O–H groups in total. The summed E-state index contributed by atoms with van der Waals surface area (Å²) in [7, 11) is -3.63. The highest BCUT2D eigenvalue weighted by atomic mass is 32.2. The molecule has 0 spiro atoms. The second-order valence-corrected chi connectivity index (χ2v) is 10.2. The van der Waals surface area contributed by atoms with Gasteiger partial charge in [-0.1, -0.05) is 23.4 Å². The molecule has 0 bridgehead atoms. The Morgan fingerprint density at radius 3 is 2.31 bits per heavy atom. The molecule has 1 aromatic heterocycles. The van der Waals surface area contributed by atoms with Gasteiger partial charge in [0, 0.05) is 36.2 Å². The van der Waals surface area contributed by atoms with Crippen LogP contribution in [0.5, 0.6) is 0 Å². The first kappa shape index (κ1) is 20.8. The van der Waals surface area contributed by atoms with E-state index in [4.69, 9.17) is 4.52 Å². The SMILES string of the molecule is O=C(Nc1ccccc1)C1CCN(S(=O)(=O)c2ccc(-c3noc(C4CC4)n3)cc2)CC1. The van der Waals surface area contributed by atoms with Gasteiger partial charge < -0.3 is 9.84 Å². The third kappa shape index (κ3) is 4.31. The van der Waals surface area contributed by atoms with Gasteiger partial charge in [-0.3, -0.25) is 4.79 Å². The van der Waals surface area contributed by atoms with Crippen LogP contribution in [-0.2, 0) is 14.8 Å². The summed E-state index contributed by atoms with van der Waals surface area (Å²) in [5.41, 5.74) is 1.47. The Morgan fingerprint density at radius 2 is 1.66 bits per heavy atom. The standard InChI is InChI=1S/C23H24N4O4S/c28-22(24-19-4-2-1-3-5-19)17-12-14-27(15-13-17)32(29,30)20-10-8-16(9-11-20)21-25-23(31-26-21)18-6-7-18/h1-5,8-11,17-18H,6-7,12-15H2,(H,24,28). The molecule has 32 heavy (non-hydrogen) atoms. The number of benzene rings is 2. The summed E-state index contributed by atoms with van der Waals surface area (Å²) >= 11 is 0. The third-order valence-electron chi connectivity index (χ3n) is 5.98. The molecule has 8 nitrogen and oxygen atoms in total. The minimum Gasteiger partial charge on any atom is -0.339 e. The maximum absolute atomic E-state index is 13.1. The van der Waals surface area contributed by atoms with Gasteiger partial charge in [-0.15, -0.1) is 0 Å². The van der Waals surface area contributed by atoms with Gasteiger partial charge in [-0.05, 0) is 62.1 Å². The number of hydrogen-bond acceptors (Lipinski definition) is 6. The van der Waals surface area contributed by atoms with Crippen molar-refractivity contribution >= 4 is 21.6 Å². The molecule has 0 atom stereocenters. The first-order valence-corrected chi connectivity index (χ1v) is 12.2. The molecule has 5 rings (SSSR count). The highest BCUT2D eigenvalue weighted by molar-refractivity contribution is 7.89. The summed E-state index contributed by atoms with van der Waals surface area (Å²) in [6.07, 6.45) is 3.12. The number of amides is 1. The van der Waals surface area contributed by atoms with Crippen LogP contribution in [0.1, 0.15) is 37.5 Å². The number of sulfonamides is 1. The Balaban J connectivity index is 1.21. The van der Waals surface area contributed by atoms with E-state index in [9.17, 15) is 13.2 Å². The van der Waals surface area contributed by atoms with E-state index in [0.717, 1.165) is 24.1 Å². The fourth-order valence-electron chi connectivity index (χ4n) is 3.90. The first-order chi connectivity index (χ1) is 15.5. The van der Waals surface area contributed by atoms with Gasteiger partial charge in [0.05, 0.1) is 4.90 Å². The normalized spacial score (nSPS) is 17.9. The van der Waals surface area contributed by atoms with Crippen molar-refractivity contribution in [1.82, 2.24) is 14.4 Å². The van der Waals surface area contributed by atoms with E-state index >= 15 is 0 Å². The number of nitrogens with one attached hydrogen (secondary N) is 1. The fraction of sp³-hybridized carbons (Fsp3) is 0.348. The van der Waals surface area contributed by atoms with Crippen molar-refractivity contribution in [1.29, 1.82) is 0 Å². The average Bonchev–Trinajstić information content (AvgIpc) is 3.56. The summed E-state index contributed by atoms with van der Waals surface area (Å²) in [6, 6.07) is 15.8. The Kier molecular flexibility index (Phi) is 5.52. The molecule has 1 saturated heterocycles. The molecule has 3 aromatic rings. The van der Waals surface area contributed by atoms with Crippen LogP contribution in [-0.4, -0.2) is 41.9 Å². The molecule has 2 fully saturated rings. The second kappa shape index (κ2) is 8.48. The van der Waals surface area contributed by atoms with Crippen molar-refractivity contribution in [2.24, 2.45) is 5.92 Å². The lowest BCUT2D eigenvalue weighted by atomic mass is 9.97. The number of piperidine rings is 1. The quantitative estimate of drug-likeness (QED) is 0.612. The van der Waals surface area contributed by atoms with Gasteiger partial charge in [-0.2, -0.15) is 9.29 Å². The number of hydrogen-bond donors (Lipinski definition) is 1. The zero-order chi connectivity index (χ0) is 22.1. The summed E-state index contributed by atoms with van der Waals surface area (Å²) in [5.74, 6) is 1.22. The number of carbonyl (C=O) groups is 1. The van der Waals surface area contributed by atoms with E-state index in [0.29, 0.717) is 43.6 Å². The molecule has 1 saturated carbocycles. The summed E-state index contributed by atoms with van der Waals surface area (Å²) in [4.78, 5) is 17.1. The summed E-state index contributed by atoms with van der Waals surface area (Å²) < 4.78 is 32.9. The van der Waals surface area contributed by atoms with E-state index in [2.05, 4.69) is 15.5 Å².